The third kappa shape index (κ3) is 4.32. The van der Waals surface area contributed by atoms with E-state index in [1.54, 1.807) is 0 Å². The van der Waals surface area contributed by atoms with Crippen LogP contribution in [0, 0.1) is 30.1 Å². The first-order chi connectivity index (χ1) is 17.1. The fourth-order valence-electron chi connectivity index (χ4n) is 5.92. The predicted octanol–water partition coefficient (Wildman–Crippen LogP) is 6.93. The highest BCUT2D eigenvalue weighted by Gasteiger charge is 2.49. The van der Waals surface area contributed by atoms with E-state index in [2.05, 4.69) is 72.2 Å². The van der Waals surface area contributed by atoms with Crippen molar-refractivity contribution in [2.45, 2.75) is 75.9 Å². The number of nitriles is 1. The molecule has 3 aromatic rings. The van der Waals surface area contributed by atoms with Gasteiger partial charge in [0.25, 0.3) is 0 Å². The number of imidazole rings is 1. The number of nitrogens with zero attached hydrogens (tertiary/aromatic N) is 3. The van der Waals surface area contributed by atoms with Gasteiger partial charge >= 0.3 is 0 Å². The minimum atomic E-state index is -0.446. The average molecular weight is 466 g/mol. The molecule has 0 atom stereocenters. The number of aryl methyl sites for hydroxylation is 1. The van der Waals surface area contributed by atoms with E-state index in [9.17, 15) is 5.26 Å². The van der Waals surface area contributed by atoms with Crippen LogP contribution in [0.2, 0.25) is 0 Å². The predicted molar refractivity (Wildman–Crippen MR) is 138 cm³/mol. The normalized spacial score (nSPS) is 26.4. The van der Waals surface area contributed by atoms with Crippen molar-refractivity contribution in [1.82, 2.24) is 9.55 Å². The lowest BCUT2D eigenvalue weighted by molar-refractivity contribution is -0.0959. The first kappa shape index (κ1) is 22.6. The molecule has 6 rings (SSSR count). The van der Waals surface area contributed by atoms with Gasteiger partial charge in [0.2, 0.25) is 0 Å². The van der Waals surface area contributed by atoms with E-state index in [0.717, 1.165) is 61.8 Å². The number of hydrogen-bond donors (Lipinski definition) is 0. The molecule has 0 N–H and O–H groups in total. The highest BCUT2D eigenvalue weighted by molar-refractivity contribution is 5.63. The summed E-state index contributed by atoms with van der Waals surface area (Å²) in [7, 11) is 0. The third-order valence-corrected chi connectivity index (χ3v) is 8.48. The molecule has 0 bridgehead atoms. The molecule has 4 heteroatoms. The van der Waals surface area contributed by atoms with Crippen molar-refractivity contribution in [1.29, 1.82) is 5.26 Å². The van der Waals surface area contributed by atoms with E-state index in [4.69, 9.17) is 9.72 Å². The van der Waals surface area contributed by atoms with Crippen LogP contribution in [-0.2, 0) is 22.3 Å². The van der Waals surface area contributed by atoms with E-state index in [-0.39, 0.29) is 0 Å². The van der Waals surface area contributed by atoms with Crippen molar-refractivity contribution in [2.24, 2.45) is 11.8 Å². The average Bonchev–Trinajstić information content (AvgIpc) is 3.84. The van der Waals surface area contributed by atoms with Gasteiger partial charge in [0.05, 0.1) is 29.5 Å². The number of benzene rings is 2. The molecule has 3 aliphatic carbocycles. The Balaban J connectivity index is 1.41. The lowest BCUT2D eigenvalue weighted by atomic mass is 9.65. The molecule has 0 radical (unpaired) electrons. The van der Waals surface area contributed by atoms with Crippen LogP contribution in [0.5, 0.6) is 0 Å². The Hall–Kier alpha value is -2.90. The van der Waals surface area contributed by atoms with Crippen LogP contribution in [0.15, 0.2) is 60.7 Å². The maximum Gasteiger partial charge on any atom is 0.141 e. The summed E-state index contributed by atoms with van der Waals surface area (Å²) in [4.78, 5) is 5.26. The van der Waals surface area contributed by atoms with Gasteiger partial charge in [0, 0.05) is 12.1 Å². The monoisotopic (exact) mass is 465 g/mol. The SMILES string of the molecule is Cc1nc([C@]2(OCC3CC3)CC[C@@](C#N)(c3ccccc3)CC2)n(CC2CC2)c1-c1ccccc1. The molecule has 180 valence electrons. The smallest absolute Gasteiger partial charge is 0.141 e. The zero-order chi connectivity index (χ0) is 23.9. The van der Waals surface area contributed by atoms with Crippen LogP contribution in [0.25, 0.3) is 11.3 Å². The molecule has 1 aromatic heterocycles. The van der Waals surface area contributed by atoms with Crippen LogP contribution >= 0.6 is 0 Å². The summed E-state index contributed by atoms with van der Waals surface area (Å²) in [6, 6.07) is 23.8. The van der Waals surface area contributed by atoms with E-state index in [1.807, 2.05) is 6.07 Å². The standard InChI is InChI=1S/C31H35N3O/c1-23-28(26-8-4-2-5-9-26)34(20-24-12-13-24)29(33-23)31(35-21-25-14-15-25)18-16-30(22-32,17-19-31)27-10-6-3-7-11-27/h2-11,24-25H,12-21H2,1H3/t30-,31+. The second-order valence-corrected chi connectivity index (χ2v) is 11.1. The van der Waals surface area contributed by atoms with Crippen LogP contribution in [0.1, 0.15) is 68.4 Å². The number of ether oxygens (including phenoxy) is 1. The van der Waals surface area contributed by atoms with Crippen LogP contribution in [0.3, 0.4) is 0 Å². The summed E-state index contributed by atoms with van der Waals surface area (Å²) in [6.45, 7) is 3.97. The highest BCUT2D eigenvalue weighted by atomic mass is 16.5. The molecule has 35 heavy (non-hydrogen) atoms. The summed E-state index contributed by atoms with van der Waals surface area (Å²) in [6.07, 6.45) is 8.40. The fourth-order valence-corrected chi connectivity index (χ4v) is 5.92. The first-order valence-electron chi connectivity index (χ1n) is 13.4. The second kappa shape index (κ2) is 8.95. The Morgan fingerprint density at radius 2 is 1.54 bits per heavy atom. The Bertz CT molecular complexity index is 1210. The van der Waals surface area contributed by atoms with Crippen molar-refractivity contribution < 1.29 is 4.74 Å². The van der Waals surface area contributed by atoms with Crippen LogP contribution in [-0.4, -0.2) is 16.2 Å². The minimum absolute atomic E-state index is 0.426. The van der Waals surface area contributed by atoms with Crippen molar-refractivity contribution in [3.05, 3.63) is 77.7 Å². The van der Waals surface area contributed by atoms with E-state index >= 15 is 0 Å². The fraction of sp³-hybridized carbons (Fsp3) is 0.484. The molecule has 3 saturated carbocycles. The summed E-state index contributed by atoms with van der Waals surface area (Å²) in [5.74, 6) is 2.52. The maximum atomic E-state index is 10.3. The molecular formula is C31H35N3O. The van der Waals surface area contributed by atoms with E-state index < -0.39 is 11.0 Å². The molecule has 0 amide bonds. The third-order valence-electron chi connectivity index (χ3n) is 8.48. The molecule has 2 aromatic carbocycles. The van der Waals surface area contributed by atoms with E-state index in [1.165, 1.54) is 36.9 Å². The maximum absolute atomic E-state index is 10.3. The molecule has 3 fully saturated rings. The summed E-state index contributed by atoms with van der Waals surface area (Å²) >= 11 is 0. The molecule has 1 heterocycles. The molecule has 0 saturated heterocycles. The summed E-state index contributed by atoms with van der Waals surface area (Å²) in [5.41, 5.74) is 3.82. The number of rotatable bonds is 8. The van der Waals surface area contributed by atoms with Crippen molar-refractivity contribution in [2.75, 3.05) is 6.61 Å². The molecular weight excluding hydrogens is 430 g/mol. The minimum Gasteiger partial charge on any atom is -0.367 e. The van der Waals surface area contributed by atoms with Crippen molar-refractivity contribution in [3.8, 4) is 17.3 Å². The Morgan fingerprint density at radius 3 is 2.14 bits per heavy atom. The Kier molecular flexibility index (Phi) is 5.77. The molecule has 0 unspecified atom stereocenters. The summed E-state index contributed by atoms with van der Waals surface area (Å²) in [5, 5.41) is 10.3. The van der Waals surface area contributed by atoms with Crippen LogP contribution < -0.4 is 0 Å². The number of hydrogen-bond acceptors (Lipinski definition) is 3. The van der Waals surface area contributed by atoms with Crippen molar-refractivity contribution in [3.63, 3.8) is 0 Å². The lowest BCUT2D eigenvalue weighted by Gasteiger charge is -2.43. The topological polar surface area (TPSA) is 50.8 Å². The zero-order valence-corrected chi connectivity index (χ0v) is 20.7. The largest absolute Gasteiger partial charge is 0.367 e. The highest BCUT2D eigenvalue weighted by Crippen LogP contribution is 2.50. The van der Waals surface area contributed by atoms with Gasteiger partial charge in [-0.25, -0.2) is 4.98 Å². The van der Waals surface area contributed by atoms with Gasteiger partial charge < -0.3 is 9.30 Å². The van der Waals surface area contributed by atoms with Gasteiger partial charge in [-0.15, -0.1) is 0 Å². The second-order valence-electron chi connectivity index (χ2n) is 11.1. The van der Waals surface area contributed by atoms with Gasteiger partial charge in [0.15, 0.2) is 0 Å². The van der Waals surface area contributed by atoms with E-state index in [0.29, 0.717) is 5.92 Å². The van der Waals surface area contributed by atoms with Gasteiger partial charge in [0.1, 0.15) is 11.4 Å². The van der Waals surface area contributed by atoms with Gasteiger partial charge in [-0.3, -0.25) is 0 Å². The first-order valence-corrected chi connectivity index (χ1v) is 13.4. The molecule has 4 nitrogen and oxygen atoms in total. The molecule has 3 aliphatic rings. The Labute approximate surface area is 209 Å². The van der Waals surface area contributed by atoms with Gasteiger partial charge in [-0.2, -0.15) is 5.26 Å². The quantitative estimate of drug-likeness (QED) is 0.362. The lowest BCUT2D eigenvalue weighted by Crippen LogP contribution is -2.43. The summed E-state index contributed by atoms with van der Waals surface area (Å²) < 4.78 is 9.41. The molecule has 0 spiro atoms. The molecule has 0 aliphatic heterocycles. The van der Waals surface area contributed by atoms with Gasteiger partial charge in [-0.1, -0.05) is 60.7 Å². The van der Waals surface area contributed by atoms with Crippen molar-refractivity contribution >= 4 is 0 Å². The van der Waals surface area contributed by atoms with Gasteiger partial charge in [-0.05, 0) is 75.7 Å². The zero-order valence-electron chi connectivity index (χ0n) is 20.7. The Morgan fingerprint density at radius 1 is 0.914 bits per heavy atom. The van der Waals surface area contributed by atoms with Crippen LogP contribution in [0.4, 0.5) is 0 Å². The number of aromatic nitrogens is 2.